The molecule has 0 aromatic heterocycles. The van der Waals surface area contributed by atoms with E-state index in [1.54, 1.807) is 0 Å². The minimum atomic E-state index is 1.10. The number of fused-ring (bicyclic) bond motifs is 2. The van der Waals surface area contributed by atoms with Crippen LogP contribution >= 0.6 is 0 Å². The first-order valence-electron chi connectivity index (χ1n) is 7.14. The van der Waals surface area contributed by atoms with Crippen molar-refractivity contribution in [3.63, 3.8) is 0 Å². The molecule has 2 aromatic carbocycles. The minimum absolute atomic E-state index is 1.10. The summed E-state index contributed by atoms with van der Waals surface area (Å²) in [6.45, 7) is 2.20. The van der Waals surface area contributed by atoms with Gasteiger partial charge in [0.1, 0.15) is 0 Å². The molecule has 2 aliphatic heterocycles. The fourth-order valence-corrected chi connectivity index (χ4v) is 3.22. The van der Waals surface area contributed by atoms with Crippen LogP contribution in [0.15, 0.2) is 42.5 Å². The van der Waals surface area contributed by atoms with Crippen LogP contribution in [0.5, 0.6) is 0 Å². The SMILES string of the molecule is c1ccc2c(c1)CCN2c1ccc2c(c1)NCCC2. The lowest BCUT2D eigenvalue weighted by Gasteiger charge is -2.24. The van der Waals surface area contributed by atoms with Gasteiger partial charge in [0.15, 0.2) is 0 Å². The molecule has 1 N–H and O–H groups in total. The van der Waals surface area contributed by atoms with E-state index >= 15 is 0 Å². The zero-order valence-corrected chi connectivity index (χ0v) is 11.0. The van der Waals surface area contributed by atoms with Crippen LogP contribution < -0.4 is 10.2 Å². The van der Waals surface area contributed by atoms with E-state index in [1.807, 2.05) is 0 Å². The van der Waals surface area contributed by atoms with E-state index in [-0.39, 0.29) is 0 Å². The molecule has 2 heterocycles. The third kappa shape index (κ3) is 1.79. The molecule has 2 aliphatic rings. The van der Waals surface area contributed by atoms with Crippen molar-refractivity contribution in [3.05, 3.63) is 53.6 Å². The Bertz CT molecular complexity index is 618. The zero-order chi connectivity index (χ0) is 12.7. The molecule has 0 bridgehead atoms. The Balaban J connectivity index is 1.74. The monoisotopic (exact) mass is 250 g/mol. The number of nitrogens with one attached hydrogen (secondary N) is 1. The molecular formula is C17H18N2. The number of benzene rings is 2. The Morgan fingerprint density at radius 2 is 1.89 bits per heavy atom. The molecule has 0 fully saturated rings. The maximum absolute atomic E-state index is 3.52. The van der Waals surface area contributed by atoms with Gasteiger partial charge in [-0.2, -0.15) is 0 Å². The molecule has 2 nitrogen and oxygen atoms in total. The molecular weight excluding hydrogens is 232 g/mol. The smallest absolute Gasteiger partial charge is 0.0444 e. The molecule has 2 heteroatoms. The fourth-order valence-electron chi connectivity index (χ4n) is 3.22. The Kier molecular flexibility index (Phi) is 2.47. The van der Waals surface area contributed by atoms with E-state index in [9.17, 15) is 0 Å². The summed E-state index contributed by atoms with van der Waals surface area (Å²) in [4.78, 5) is 2.44. The van der Waals surface area contributed by atoms with Crippen LogP contribution in [-0.2, 0) is 12.8 Å². The van der Waals surface area contributed by atoms with Gasteiger partial charge >= 0.3 is 0 Å². The predicted octanol–water partition coefficient (Wildman–Crippen LogP) is 3.74. The molecule has 96 valence electrons. The normalized spacial score (nSPS) is 16.7. The van der Waals surface area contributed by atoms with Crippen LogP contribution in [-0.4, -0.2) is 13.1 Å². The van der Waals surface area contributed by atoms with E-state index in [0.29, 0.717) is 0 Å². The number of rotatable bonds is 1. The minimum Gasteiger partial charge on any atom is -0.385 e. The van der Waals surface area contributed by atoms with Gasteiger partial charge in [0.25, 0.3) is 0 Å². The highest BCUT2D eigenvalue weighted by Crippen LogP contribution is 2.36. The first kappa shape index (κ1) is 10.9. The van der Waals surface area contributed by atoms with Crippen molar-refractivity contribution in [1.29, 1.82) is 0 Å². The molecule has 19 heavy (non-hydrogen) atoms. The van der Waals surface area contributed by atoms with Gasteiger partial charge in [-0.1, -0.05) is 24.3 Å². The standard InChI is InChI=1S/C17H18N2/c1-2-6-17-14(4-1)9-11-19(17)15-8-7-13-5-3-10-18-16(13)12-15/h1-2,4,6-8,12,18H,3,5,9-11H2. The number of anilines is 3. The van der Waals surface area contributed by atoms with Crippen molar-refractivity contribution in [2.24, 2.45) is 0 Å². The van der Waals surface area contributed by atoms with Crippen LogP contribution in [0.1, 0.15) is 17.5 Å². The van der Waals surface area contributed by atoms with Gasteiger partial charge in [0.05, 0.1) is 0 Å². The van der Waals surface area contributed by atoms with Crippen LogP contribution in [0.3, 0.4) is 0 Å². The highest BCUT2D eigenvalue weighted by Gasteiger charge is 2.20. The van der Waals surface area contributed by atoms with E-state index in [2.05, 4.69) is 52.7 Å². The van der Waals surface area contributed by atoms with E-state index in [4.69, 9.17) is 0 Å². The van der Waals surface area contributed by atoms with Gasteiger partial charge in [0, 0.05) is 30.2 Å². The maximum atomic E-state index is 3.52. The highest BCUT2D eigenvalue weighted by atomic mass is 15.2. The van der Waals surface area contributed by atoms with Crippen molar-refractivity contribution in [3.8, 4) is 0 Å². The third-order valence-electron chi connectivity index (χ3n) is 4.23. The average molecular weight is 250 g/mol. The average Bonchev–Trinajstić information content (AvgIpc) is 2.91. The van der Waals surface area contributed by atoms with Crippen LogP contribution in [0, 0.1) is 0 Å². The summed E-state index contributed by atoms with van der Waals surface area (Å²) in [5, 5.41) is 3.52. The first-order valence-corrected chi connectivity index (χ1v) is 7.14. The molecule has 4 rings (SSSR count). The quantitative estimate of drug-likeness (QED) is 0.829. The Morgan fingerprint density at radius 3 is 2.89 bits per heavy atom. The molecule has 0 spiro atoms. The summed E-state index contributed by atoms with van der Waals surface area (Å²) in [5.74, 6) is 0. The molecule has 0 amide bonds. The second-order valence-corrected chi connectivity index (χ2v) is 5.40. The number of hydrogen-bond acceptors (Lipinski definition) is 2. The summed E-state index contributed by atoms with van der Waals surface area (Å²) >= 11 is 0. The number of nitrogens with zero attached hydrogens (tertiary/aromatic N) is 1. The fraction of sp³-hybridized carbons (Fsp3) is 0.294. The topological polar surface area (TPSA) is 15.3 Å². The van der Waals surface area contributed by atoms with Gasteiger partial charge in [0.2, 0.25) is 0 Å². The van der Waals surface area contributed by atoms with Gasteiger partial charge in [-0.3, -0.25) is 0 Å². The van der Waals surface area contributed by atoms with Gasteiger partial charge in [-0.25, -0.2) is 0 Å². The lowest BCUT2D eigenvalue weighted by atomic mass is 10.0. The van der Waals surface area contributed by atoms with Crippen molar-refractivity contribution >= 4 is 17.1 Å². The van der Waals surface area contributed by atoms with Crippen molar-refractivity contribution in [1.82, 2.24) is 0 Å². The summed E-state index contributed by atoms with van der Waals surface area (Å²) in [7, 11) is 0. The molecule has 0 radical (unpaired) electrons. The molecule has 0 saturated carbocycles. The maximum Gasteiger partial charge on any atom is 0.0444 e. The molecule has 0 saturated heterocycles. The van der Waals surface area contributed by atoms with Gasteiger partial charge < -0.3 is 10.2 Å². The summed E-state index contributed by atoms with van der Waals surface area (Å²) in [6, 6.07) is 15.6. The van der Waals surface area contributed by atoms with E-state index < -0.39 is 0 Å². The largest absolute Gasteiger partial charge is 0.385 e. The van der Waals surface area contributed by atoms with Crippen molar-refractivity contribution in [2.75, 3.05) is 23.3 Å². The third-order valence-corrected chi connectivity index (χ3v) is 4.23. The summed E-state index contributed by atoms with van der Waals surface area (Å²) in [5.41, 5.74) is 6.94. The number of para-hydroxylation sites is 1. The van der Waals surface area contributed by atoms with Gasteiger partial charge in [-0.05, 0) is 48.6 Å². The Hall–Kier alpha value is -1.96. The second kappa shape index (κ2) is 4.30. The Labute approximate surface area is 114 Å². The highest BCUT2D eigenvalue weighted by molar-refractivity contribution is 5.73. The molecule has 0 unspecified atom stereocenters. The lowest BCUT2D eigenvalue weighted by Crippen LogP contribution is -2.16. The molecule has 2 aromatic rings. The number of hydrogen-bond donors (Lipinski definition) is 1. The zero-order valence-electron chi connectivity index (χ0n) is 11.0. The van der Waals surface area contributed by atoms with Gasteiger partial charge in [-0.15, -0.1) is 0 Å². The van der Waals surface area contributed by atoms with Crippen molar-refractivity contribution in [2.45, 2.75) is 19.3 Å². The predicted molar refractivity (Wildman–Crippen MR) is 80.4 cm³/mol. The molecule has 0 atom stereocenters. The lowest BCUT2D eigenvalue weighted by molar-refractivity contribution is 0.829. The number of aryl methyl sites for hydroxylation is 1. The van der Waals surface area contributed by atoms with E-state index in [1.165, 1.54) is 41.0 Å². The van der Waals surface area contributed by atoms with Crippen LogP contribution in [0.4, 0.5) is 17.1 Å². The van der Waals surface area contributed by atoms with Crippen LogP contribution in [0.25, 0.3) is 0 Å². The molecule has 0 aliphatic carbocycles. The first-order chi connectivity index (χ1) is 9.42. The summed E-state index contributed by atoms with van der Waals surface area (Å²) < 4.78 is 0. The summed E-state index contributed by atoms with van der Waals surface area (Å²) in [6.07, 6.45) is 3.61. The van der Waals surface area contributed by atoms with Crippen LogP contribution in [0.2, 0.25) is 0 Å². The van der Waals surface area contributed by atoms with E-state index in [0.717, 1.165) is 19.5 Å². The Morgan fingerprint density at radius 1 is 0.947 bits per heavy atom. The second-order valence-electron chi connectivity index (χ2n) is 5.40. The van der Waals surface area contributed by atoms with Crippen molar-refractivity contribution < 1.29 is 0 Å².